The molecule has 0 aromatic carbocycles. The normalized spacial score (nSPS) is 12.0. The average Bonchev–Trinajstić information content (AvgIpc) is 2.29. The third kappa shape index (κ3) is 15.9. The lowest BCUT2D eigenvalue weighted by atomic mass is 10.1. The highest BCUT2D eigenvalue weighted by atomic mass is 16.2. The number of hydrogen-bond donors (Lipinski definition) is 2. The largest absolute Gasteiger partial charge is 0.396 e. The maximum absolute atomic E-state index is 8.65. The van der Waals surface area contributed by atoms with Crippen molar-refractivity contribution in [2.45, 2.75) is 90.5 Å². The quantitative estimate of drug-likeness (QED) is 0.512. The fourth-order valence-corrected chi connectivity index (χ4v) is 2.11. The molecule has 0 unspecified atom stereocenters. The van der Waals surface area contributed by atoms with Crippen molar-refractivity contribution >= 4 is 0 Å². The van der Waals surface area contributed by atoms with Gasteiger partial charge in [0.25, 0.3) is 0 Å². The minimum absolute atomic E-state index is 0.272. The molecular formula is C16H35NO. The molecule has 0 aromatic heterocycles. The van der Waals surface area contributed by atoms with Crippen molar-refractivity contribution in [1.82, 2.24) is 5.32 Å². The molecule has 0 saturated heterocycles. The number of nitrogens with one attached hydrogen (secondary N) is 1. The van der Waals surface area contributed by atoms with Crippen LogP contribution in [0, 0.1) is 0 Å². The van der Waals surface area contributed by atoms with Gasteiger partial charge in [0.15, 0.2) is 0 Å². The van der Waals surface area contributed by atoms with E-state index in [-0.39, 0.29) is 5.54 Å². The zero-order valence-electron chi connectivity index (χ0n) is 12.9. The van der Waals surface area contributed by atoms with Crippen molar-refractivity contribution < 1.29 is 5.11 Å². The Kier molecular flexibility index (Phi) is 11.9. The Bertz CT molecular complexity index is 163. The van der Waals surface area contributed by atoms with E-state index in [0.717, 1.165) is 13.0 Å². The van der Waals surface area contributed by atoms with Gasteiger partial charge in [-0.05, 0) is 40.2 Å². The van der Waals surface area contributed by atoms with Crippen molar-refractivity contribution in [1.29, 1.82) is 0 Å². The molecule has 110 valence electrons. The summed E-state index contributed by atoms with van der Waals surface area (Å²) >= 11 is 0. The fourth-order valence-electron chi connectivity index (χ4n) is 2.11. The number of aliphatic hydroxyl groups excluding tert-OH is 1. The van der Waals surface area contributed by atoms with Crippen LogP contribution in [0.25, 0.3) is 0 Å². The smallest absolute Gasteiger partial charge is 0.0431 e. The van der Waals surface area contributed by atoms with Crippen LogP contribution in [-0.2, 0) is 0 Å². The van der Waals surface area contributed by atoms with E-state index in [4.69, 9.17) is 5.11 Å². The van der Waals surface area contributed by atoms with Crippen molar-refractivity contribution in [3.63, 3.8) is 0 Å². The van der Waals surface area contributed by atoms with Gasteiger partial charge in [-0.2, -0.15) is 0 Å². The molecule has 18 heavy (non-hydrogen) atoms. The lowest BCUT2D eigenvalue weighted by Gasteiger charge is -2.20. The molecule has 0 spiro atoms. The van der Waals surface area contributed by atoms with Gasteiger partial charge in [-0.15, -0.1) is 0 Å². The van der Waals surface area contributed by atoms with Gasteiger partial charge in [0.05, 0.1) is 0 Å². The summed E-state index contributed by atoms with van der Waals surface area (Å²) in [6, 6.07) is 0. The molecule has 0 aliphatic rings. The Morgan fingerprint density at radius 1 is 0.667 bits per heavy atom. The molecule has 0 aliphatic heterocycles. The molecule has 0 amide bonds. The predicted molar refractivity (Wildman–Crippen MR) is 81.0 cm³/mol. The zero-order valence-corrected chi connectivity index (χ0v) is 12.9. The second kappa shape index (κ2) is 12.0. The first kappa shape index (κ1) is 17.9. The van der Waals surface area contributed by atoms with Gasteiger partial charge in [0.1, 0.15) is 0 Å². The fraction of sp³-hybridized carbons (Fsp3) is 1.00. The van der Waals surface area contributed by atoms with Gasteiger partial charge >= 0.3 is 0 Å². The van der Waals surface area contributed by atoms with E-state index in [1.165, 1.54) is 57.8 Å². The van der Waals surface area contributed by atoms with E-state index in [9.17, 15) is 0 Å². The van der Waals surface area contributed by atoms with Crippen LogP contribution in [0.15, 0.2) is 0 Å². The average molecular weight is 257 g/mol. The molecular weight excluding hydrogens is 222 g/mol. The first-order chi connectivity index (χ1) is 8.56. The Hall–Kier alpha value is -0.0800. The Morgan fingerprint density at radius 2 is 1.06 bits per heavy atom. The minimum atomic E-state index is 0.272. The SMILES string of the molecule is CC(C)(C)NCCCCCCCCCCCCO. The molecule has 0 radical (unpaired) electrons. The van der Waals surface area contributed by atoms with E-state index < -0.39 is 0 Å². The van der Waals surface area contributed by atoms with Crippen LogP contribution in [0.1, 0.15) is 85.0 Å². The standard InChI is InChI=1S/C16H35NO/c1-16(2,3)17-14-12-10-8-6-4-5-7-9-11-13-15-18/h17-18H,4-15H2,1-3H3. The van der Waals surface area contributed by atoms with E-state index in [2.05, 4.69) is 26.1 Å². The summed E-state index contributed by atoms with van der Waals surface area (Å²) in [4.78, 5) is 0. The van der Waals surface area contributed by atoms with Gasteiger partial charge in [-0.3, -0.25) is 0 Å². The lowest BCUT2D eigenvalue weighted by molar-refractivity contribution is 0.282. The van der Waals surface area contributed by atoms with Crippen LogP contribution >= 0.6 is 0 Å². The maximum Gasteiger partial charge on any atom is 0.0431 e. The monoisotopic (exact) mass is 257 g/mol. The van der Waals surface area contributed by atoms with E-state index in [0.29, 0.717) is 6.61 Å². The summed E-state index contributed by atoms with van der Waals surface area (Å²) in [7, 11) is 0. The summed E-state index contributed by atoms with van der Waals surface area (Å²) in [5.41, 5.74) is 0.272. The van der Waals surface area contributed by atoms with Crippen molar-refractivity contribution in [3.8, 4) is 0 Å². The number of hydrogen-bond acceptors (Lipinski definition) is 2. The van der Waals surface area contributed by atoms with Crippen LogP contribution in [0.5, 0.6) is 0 Å². The molecule has 0 bridgehead atoms. The molecule has 0 aromatic rings. The van der Waals surface area contributed by atoms with Crippen LogP contribution in [0.3, 0.4) is 0 Å². The number of rotatable bonds is 12. The highest BCUT2D eigenvalue weighted by molar-refractivity contribution is 4.69. The van der Waals surface area contributed by atoms with Crippen molar-refractivity contribution in [2.75, 3.05) is 13.2 Å². The Labute approximate surface area is 115 Å². The first-order valence-corrected chi connectivity index (χ1v) is 7.92. The van der Waals surface area contributed by atoms with Crippen molar-refractivity contribution in [2.24, 2.45) is 0 Å². The molecule has 2 nitrogen and oxygen atoms in total. The van der Waals surface area contributed by atoms with Crippen molar-refractivity contribution in [3.05, 3.63) is 0 Å². The topological polar surface area (TPSA) is 32.3 Å². The van der Waals surface area contributed by atoms with E-state index in [1.54, 1.807) is 0 Å². The molecule has 0 rings (SSSR count). The number of unbranched alkanes of at least 4 members (excludes halogenated alkanes) is 9. The zero-order chi connectivity index (χ0) is 13.7. The molecule has 0 saturated carbocycles. The maximum atomic E-state index is 8.65. The minimum Gasteiger partial charge on any atom is -0.396 e. The molecule has 0 atom stereocenters. The molecule has 0 fully saturated rings. The van der Waals surface area contributed by atoms with Crippen LogP contribution < -0.4 is 5.32 Å². The Balaban J connectivity index is 2.99. The second-order valence-corrected chi connectivity index (χ2v) is 6.44. The molecule has 2 heteroatoms. The summed E-state index contributed by atoms with van der Waals surface area (Å²) < 4.78 is 0. The highest BCUT2D eigenvalue weighted by Gasteiger charge is 2.06. The molecule has 0 aliphatic carbocycles. The number of aliphatic hydroxyl groups is 1. The van der Waals surface area contributed by atoms with Gasteiger partial charge in [0.2, 0.25) is 0 Å². The lowest BCUT2D eigenvalue weighted by Crippen LogP contribution is -2.36. The molecule has 2 N–H and O–H groups in total. The predicted octanol–water partition coefficient (Wildman–Crippen LogP) is 4.27. The summed E-state index contributed by atoms with van der Waals surface area (Å²) in [5, 5.41) is 12.2. The third-order valence-electron chi connectivity index (χ3n) is 3.24. The summed E-state index contributed by atoms with van der Waals surface area (Å²) in [6.45, 7) is 8.20. The van der Waals surface area contributed by atoms with Crippen LogP contribution in [-0.4, -0.2) is 23.8 Å². The first-order valence-electron chi connectivity index (χ1n) is 7.92. The second-order valence-electron chi connectivity index (χ2n) is 6.44. The van der Waals surface area contributed by atoms with Gasteiger partial charge in [0, 0.05) is 12.1 Å². The van der Waals surface area contributed by atoms with Gasteiger partial charge in [-0.25, -0.2) is 0 Å². The highest BCUT2D eigenvalue weighted by Crippen LogP contribution is 2.10. The molecule has 0 heterocycles. The summed E-state index contributed by atoms with van der Waals surface area (Å²) in [5.74, 6) is 0. The van der Waals surface area contributed by atoms with E-state index >= 15 is 0 Å². The van der Waals surface area contributed by atoms with Crippen LogP contribution in [0.4, 0.5) is 0 Å². The van der Waals surface area contributed by atoms with E-state index in [1.807, 2.05) is 0 Å². The van der Waals surface area contributed by atoms with Crippen LogP contribution in [0.2, 0.25) is 0 Å². The van der Waals surface area contributed by atoms with Gasteiger partial charge in [-0.1, -0.05) is 51.4 Å². The van der Waals surface area contributed by atoms with Gasteiger partial charge < -0.3 is 10.4 Å². The third-order valence-corrected chi connectivity index (χ3v) is 3.24. The summed E-state index contributed by atoms with van der Waals surface area (Å²) in [6.07, 6.45) is 13.1. The Morgan fingerprint density at radius 3 is 1.44 bits per heavy atom.